The first-order valence-corrected chi connectivity index (χ1v) is 10.2. The second kappa shape index (κ2) is 5.93. The highest BCUT2D eigenvalue weighted by Gasteiger charge is 2.74. The van der Waals surface area contributed by atoms with Gasteiger partial charge in [0, 0.05) is 0 Å². The number of carbonyl (C=O) groups is 2. The highest BCUT2D eigenvalue weighted by atomic mass is 16.5. The Morgan fingerprint density at radius 2 is 1.89 bits per heavy atom. The zero-order chi connectivity index (χ0) is 19.8. The number of aliphatic hydroxyl groups is 2. The second-order valence-electron chi connectivity index (χ2n) is 10.2. The molecule has 0 aromatic rings. The van der Waals surface area contributed by atoms with E-state index in [1.807, 2.05) is 0 Å². The van der Waals surface area contributed by atoms with E-state index in [1.165, 1.54) is 7.11 Å². The maximum Gasteiger partial charge on any atom is 0.310 e. The Hall–Kier alpha value is -1.14. The summed E-state index contributed by atoms with van der Waals surface area (Å²) in [6.45, 7) is 6.65. The molecule has 6 heteroatoms. The van der Waals surface area contributed by atoms with Crippen molar-refractivity contribution in [2.45, 2.75) is 65.1 Å². The molecule has 1 heterocycles. The van der Waals surface area contributed by atoms with E-state index in [1.54, 1.807) is 0 Å². The molecule has 0 amide bonds. The molecule has 3 saturated carbocycles. The lowest BCUT2D eigenvalue weighted by Gasteiger charge is -2.67. The van der Waals surface area contributed by atoms with Gasteiger partial charge in [-0.25, -0.2) is 0 Å². The number of esters is 2. The monoisotopic (exact) mass is 380 g/mol. The Bertz CT molecular complexity index is 659. The van der Waals surface area contributed by atoms with Crippen molar-refractivity contribution in [3.8, 4) is 0 Å². The summed E-state index contributed by atoms with van der Waals surface area (Å²) < 4.78 is 10.4. The molecule has 2 N–H and O–H groups in total. The molecule has 0 radical (unpaired) electrons. The Morgan fingerprint density at radius 1 is 1.19 bits per heavy atom. The van der Waals surface area contributed by atoms with Gasteiger partial charge in [-0.1, -0.05) is 27.2 Å². The quantitative estimate of drug-likeness (QED) is 0.675. The van der Waals surface area contributed by atoms with Crippen molar-refractivity contribution in [2.75, 3.05) is 13.7 Å². The SMILES string of the molecule is COC(=O)[C@@H]1CC[C@@H]2[C@@]3(C)CCCC(C)(C)[C@@H]3[C@@H](O)[C@@H](O)[C@]23COC(=O)[C@H]13. The van der Waals surface area contributed by atoms with E-state index in [0.717, 1.165) is 25.7 Å². The molecular weight excluding hydrogens is 348 g/mol. The van der Waals surface area contributed by atoms with Crippen molar-refractivity contribution in [1.29, 1.82) is 0 Å². The molecule has 152 valence electrons. The fourth-order valence-electron chi connectivity index (χ4n) is 7.93. The first-order chi connectivity index (χ1) is 12.6. The normalized spacial score (nSPS) is 50.8. The summed E-state index contributed by atoms with van der Waals surface area (Å²) in [4.78, 5) is 25.1. The maximum absolute atomic E-state index is 12.7. The predicted octanol–water partition coefficient (Wildman–Crippen LogP) is 1.91. The third kappa shape index (κ3) is 2.26. The molecule has 3 aliphatic carbocycles. The van der Waals surface area contributed by atoms with Crippen molar-refractivity contribution in [2.24, 2.45) is 39.9 Å². The number of methoxy groups -OCH3 is 1. The lowest BCUT2D eigenvalue weighted by Crippen LogP contribution is -2.71. The zero-order valence-corrected chi connectivity index (χ0v) is 16.7. The van der Waals surface area contributed by atoms with Crippen molar-refractivity contribution in [3.63, 3.8) is 0 Å². The Morgan fingerprint density at radius 3 is 2.56 bits per heavy atom. The van der Waals surface area contributed by atoms with Crippen molar-refractivity contribution < 1.29 is 29.3 Å². The van der Waals surface area contributed by atoms with Crippen LogP contribution in [0.4, 0.5) is 0 Å². The van der Waals surface area contributed by atoms with Gasteiger partial charge in [0.15, 0.2) is 0 Å². The smallest absolute Gasteiger partial charge is 0.310 e. The first-order valence-electron chi connectivity index (χ1n) is 10.2. The Balaban J connectivity index is 1.85. The number of ether oxygens (including phenoxy) is 2. The molecule has 0 bridgehead atoms. The Kier molecular flexibility index (Phi) is 4.21. The minimum atomic E-state index is -1.08. The van der Waals surface area contributed by atoms with Crippen molar-refractivity contribution in [1.82, 2.24) is 0 Å². The number of fused-ring (bicyclic) bond motifs is 2. The van der Waals surface area contributed by atoms with Gasteiger partial charge >= 0.3 is 11.9 Å². The average Bonchev–Trinajstić information content (AvgIpc) is 2.96. The summed E-state index contributed by atoms with van der Waals surface area (Å²) in [6.07, 6.45) is 2.32. The molecule has 4 aliphatic rings. The van der Waals surface area contributed by atoms with Gasteiger partial charge in [0.25, 0.3) is 0 Å². The van der Waals surface area contributed by atoms with Gasteiger partial charge in [-0.3, -0.25) is 9.59 Å². The van der Waals surface area contributed by atoms with Gasteiger partial charge in [-0.2, -0.15) is 0 Å². The van der Waals surface area contributed by atoms with Crippen molar-refractivity contribution in [3.05, 3.63) is 0 Å². The first kappa shape index (κ1) is 19.2. The Labute approximate surface area is 160 Å². The van der Waals surface area contributed by atoms with E-state index in [-0.39, 0.29) is 29.3 Å². The van der Waals surface area contributed by atoms with Crippen molar-refractivity contribution >= 4 is 11.9 Å². The summed E-state index contributed by atoms with van der Waals surface area (Å²) in [5.41, 5.74) is -1.20. The van der Waals surface area contributed by atoms with Crippen LogP contribution in [-0.2, 0) is 19.1 Å². The van der Waals surface area contributed by atoms with E-state index in [9.17, 15) is 19.8 Å². The third-order valence-corrected chi connectivity index (χ3v) is 8.72. The molecular formula is C21H32O6. The van der Waals surface area contributed by atoms with E-state index < -0.39 is 41.4 Å². The minimum absolute atomic E-state index is 0.0327. The predicted molar refractivity (Wildman–Crippen MR) is 96.4 cm³/mol. The summed E-state index contributed by atoms with van der Waals surface area (Å²) in [5, 5.41) is 22.7. The standard InChI is InChI=1S/C21H32O6/c1-19(2)8-5-9-20(3)12-7-6-11(17(24)26-4)13-18(25)27-10-21(12,13)16(23)14(22)15(19)20/h11-16,22-23H,5-10H2,1-4H3/t11-,12-,13+,14-,15+,16-,20-,21-/m1/s1. The topological polar surface area (TPSA) is 93.1 Å². The third-order valence-electron chi connectivity index (χ3n) is 8.72. The summed E-state index contributed by atoms with van der Waals surface area (Å²) in [7, 11) is 1.33. The van der Waals surface area contributed by atoms with Gasteiger partial charge in [0.2, 0.25) is 0 Å². The number of carbonyl (C=O) groups excluding carboxylic acids is 2. The molecule has 1 spiro atoms. The number of cyclic esters (lactones) is 1. The van der Waals surface area contributed by atoms with E-state index in [2.05, 4.69) is 20.8 Å². The van der Waals surface area contributed by atoms with Gasteiger partial charge < -0.3 is 19.7 Å². The van der Waals surface area contributed by atoms with E-state index >= 15 is 0 Å². The van der Waals surface area contributed by atoms with Gasteiger partial charge in [-0.15, -0.1) is 0 Å². The van der Waals surface area contributed by atoms with Crippen LogP contribution in [0.2, 0.25) is 0 Å². The summed E-state index contributed by atoms with van der Waals surface area (Å²) in [5.74, 6) is -2.22. The van der Waals surface area contributed by atoms with E-state index in [0.29, 0.717) is 6.42 Å². The van der Waals surface area contributed by atoms with Crippen LogP contribution in [-0.4, -0.2) is 48.1 Å². The molecule has 6 nitrogen and oxygen atoms in total. The van der Waals surface area contributed by atoms with Crippen LogP contribution in [0.15, 0.2) is 0 Å². The summed E-state index contributed by atoms with van der Waals surface area (Å²) in [6, 6.07) is 0. The molecule has 1 saturated heterocycles. The average molecular weight is 380 g/mol. The number of aliphatic hydroxyl groups excluding tert-OH is 2. The van der Waals surface area contributed by atoms with Crippen LogP contribution in [0.3, 0.4) is 0 Å². The number of hydrogen-bond acceptors (Lipinski definition) is 6. The molecule has 0 unspecified atom stereocenters. The molecule has 4 fully saturated rings. The second-order valence-corrected chi connectivity index (χ2v) is 10.2. The summed E-state index contributed by atoms with van der Waals surface area (Å²) >= 11 is 0. The van der Waals surface area contributed by atoms with Gasteiger partial charge in [-0.05, 0) is 48.3 Å². The van der Waals surface area contributed by atoms with Crippen LogP contribution < -0.4 is 0 Å². The molecule has 1 aliphatic heterocycles. The fraction of sp³-hybridized carbons (Fsp3) is 0.905. The minimum Gasteiger partial charge on any atom is -0.469 e. The highest BCUT2D eigenvalue weighted by molar-refractivity contribution is 5.84. The highest BCUT2D eigenvalue weighted by Crippen LogP contribution is 2.70. The van der Waals surface area contributed by atoms with Gasteiger partial charge in [0.1, 0.15) is 6.61 Å². The number of rotatable bonds is 1. The maximum atomic E-state index is 12.7. The molecule has 0 aromatic heterocycles. The van der Waals surface area contributed by atoms with Crippen LogP contribution in [0.1, 0.15) is 52.9 Å². The number of hydrogen-bond donors (Lipinski definition) is 2. The lowest BCUT2D eigenvalue weighted by molar-refractivity contribution is -0.267. The molecule has 4 rings (SSSR count). The largest absolute Gasteiger partial charge is 0.469 e. The fourth-order valence-corrected chi connectivity index (χ4v) is 7.93. The zero-order valence-electron chi connectivity index (χ0n) is 16.7. The molecule has 8 atom stereocenters. The van der Waals surface area contributed by atoms with Crippen LogP contribution in [0.25, 0.3) is 0 Å². The van der Waals surface area contributed by atoms with Crippen LogP contribution >= 0.6 is 0 Å². The van der Waals surface area contributed by atoms with Gasteiger partial charge in [0.05, 0.1) is 36.6 Å². The van der Waals surface area contributed by atoms with Crippen LogP contribution in [0, 0.1) is 39.9 Å². The lowest BCUT2D eigenvalue weighted by atomic mass is 9.37. The van der Waals surface area contributed by atoms with Crippen LogP contribution in [0.5, 0.6) is 0 Å². The molecule has 27 heavy (non-hydrogen) atoms. The molecule has 0 aromatic carbocycles. The van der Waals surface area contributed by atoms with E-state index in [4.69, 9.17) is 9.47 Å².